The number of hydrogen-bond donors (Lipinski definition) is 1. The van der Waals surface area contributed by atoms with Gasteiger partial charge in [0.1, 0.15) is 0 Å². The summed E-state index contributed by atoms with van der Waals surface area (Å²) in [4.78, 5) is 24.6. The third-order valence-corrected chi connectivity index (χ3v) is 3.17. The number of anilines is 2. The molecule has 0 aromatic heterocycles. The summed E-state index contributed by atoms with van der Waals surface area (Å²) in [6, 6.07) is 7.31. The Bertz CT molecular complexity index is 462. The number of hydrogen-bond acceptors (Lipinski definition) is 2. The summed E-state index contributed by atoms with van der Waals surface area (Å²) in [7, 11) is 0. The van der Waals surface area contributed by atoms with Crippen LogP contribution in [0.3, 0.4) is 0 Å². The normalized spacial score (nSPS) is 19.5. The van der Waals surface area contributed by atoms with Crippen molar-refractivity contribution in [3.05, 3.63) is 24.3 Å². The van der Waals surface area contributed by atoms with Crippen LogP contribution in [0.1, 0.15) is 13.3 Å². The number of nitrogens with zero attached hydrogens (tertiary/aromatic N) is 1. The van der Waals surface area contributed by atoms with Crippen molar-refractivity contribution in [2.24, 2.45) is 0 Å². The van der Waals surface area contributed by atoms with Crippen LogP contribution < -0.4 is 10.2 Å². The Hall–Kier alpha value is -1.36. The lowest BCUT2D eigenvalue weighted by molar-refractivity contribution is -0.117. The summed E-state index contributed by atoms with van der Waals surface area (Å²) < 4.78 is 0. The first kappa shape index (κ1) is 12.1. The van der Waals surface area contributed by atoms with Gasteiger partial charge < -0.3 is 10.2 Å². The maximum Gasteiger partial charge on any atom is 0.228 e. The average molecular weight is 297 g/mol. The number of amides is 2. The number of benzene rings is 1. The van der Waals surface area contributed by atoms with Crippen molar-refractivity contribution in [1.82, 2.24) is 0 Å². The molecule has 0 aliphatic carbocycles. The fourth-order valence-corrected chi connectivity index (χ4v) is 2.43. The molecule has 1 saturated heterocycles. The van der Waals surface area contributed by atoms with E-state index in [0.717, 1.165) is 5.69 Å². The van der Waals surface area contributed by atoms with E-state index in [4.69, 9.17) is 0 Å². The molecule has 2 rings (SSSR count). The van der Waals surface area contributed by atoms with E-state index in [2.05, 4.69) is 21.2 Å². The molecule has 17 heavy (non-hydrogen) atoms. The van der Waals surface area contributed by atoms with Gasteiger partial charge in [-0.1, -0.05) is 22.0 Å². The largest absolute Gasteiger partial charge is 0.326 e. The quantitative estimate of drug-likeness (QED) is 0.850. The minimum Gasteiger partial charge on any atom is -0.326 e. The zero-order chi connectivity index (χ0) is 12.4. The second-order valence-electron chi connectivity index (χ2n) is 4.04. The molecule has 1 heterocycles. The van der Waals surface area contributed by atoms with Crippen LogP contribution in [0.15, 0.2) is 24.3 Å². The van der Waals surface area contributed by atoms with E-state index in [9.17, 15) is 9.59 Å². The molecule has 2 amide bonds. The Kier molecular flexibility index (Phi) is 3.47. The van der Waals surface area contributed by atoms with Gasteiger partial charge in [0.05, 0.1) is 0 Å². The first-order valence-corrected chi connectivity index (χ1v) is 6.30. The Labute approximate surface area is 108 Å². The minimum atomic E-state index is -0.117. The summed E-state index contributed by atoms with van der Waals surface area (Å²) in [6.45, 7) is 2.13. The molecule has 1 N–H and O–H groups in total. The first-order valence-electron chi connectivity index (χ1n) is 5.38. The maximum absolute atomic E-state index is 11.7. The van der Waals surface area contributed by atoms with Crippen molar-refractivity contribution in [3.63, 3.8) is 0 Å². The maximum atomic E-state index is 11.7. The number of rotatable bonds is 2. The van der Waals surface area contributed by atoms with Gasteiger partial charge in [-0.15, -0.1) is 0 Å². The Morgan fingerprint density at radius 1 is 1.53 bits per heavy atom. The molecule has 0 bridgehead atoms. The smallest absolute Gasteiger partial charge is 0.228 e. The van der Waals surface area contributed by atoms with E-state index in [1.165, 1.54) is 6.92 Å². The fourth-order valence-electron chi connectivity index (χ4n) is 1.87. The summed E-state index contributed by atoms with van der Waals surface area (Å²) in [5.74, 6) is -0.0138. The summed E-state index contributed by atoms with van der Waals surface area (Å²) in [5, 5.41) is 2.71. The number of alkyl halides is 1. The van der Waals surface area contributed by atoms with Crippen LogP contribution in [0.4, 0.5) is 11.4 Å². The van der Waals surface area contributed by atoms with Gasteiger partial charge in [0.2, 0.25) is 11.8 Å². The van der Waals surface area contributed by atoms with Crippen LogP contribution in [0.2, 0.25) is 0 Å². The molecule has 1 aromatic rings. The van der Waals surface area contributed by atoms with Crippen molar-refractivity contribution in [3.8, 4) is 0 Å². The third-order valence-electron chi connectivity index (χ3n) is 2.56. The highest BCUT2D eigenvalue weighted by Crippen LogP contribution is 2.27. The van der Waals surface area contributed by atoms with Crippen LogP contribution in [0.25, 0.3) is 0 Å². The van der Waals surface area contributed by atoms with Gasteiger partial charge in [-0.2, -0.15) is 0 Å². The van der Waals surface area contributed by atoms with Crippen molar-refractivity contribution in [2.45, 2.75) is 18.2 Å². The molecule has 1 aromatic carbocycles. The van der Waals surface area contributed by atoms with Crippen LogP contribution >= 0.6 is 15.9 Å². The van der Waals surface area contributed by atoms with Crippen molar-refractivity contribution >= 4 is 39.1 Å². The number of carbonyl (C=O) groups excluding carboxylic acids is 2. The number of halogens is 1. The van der Waals surface area contributed by atoms with Crippen molar-refractivity contribution in [2.75, 3.05) is 16.8 Å². The highest BCUT2D eigenvalue weighted by atomic mass is 79.9. The van der Waals surface area contributed by atoms with E-state index in [0.29, 0.717) is 18.7 Å². The van der Waals surface area contributed by atoms with Crippen LogP contribution in [0, 0.1) is 0 Å². The highest BCUT2D eigenvalue weighted by Gasteiger charge is 2.28. The molecule has 1 aliphatic heterocycles. The standard InChI is InChI=1S/C12H13BrN2O2/c1-8(16)14-10-3-2-4-11(6-10)15-7-9(13)5-12(15)17/h2-4,6,9H,5,7H2,1H3,(H,14,16). The highest BCUT2D eigenvalue weighted by molar-refractivity contribution is 9.09. The topological polar surface area (TPSA) is 49.4 Å². The van der Waals surface area contributed by atoms with Gasteiger partial charge in [0.25, 0.3) is 0 Å². The molecule has 4 nitrogen and oxygen atoms in total. The van der Waals surface area contributed by atoms with Gasteiger partial charge in [-0.3, -0.25) is 9.59 Å². The Morgan fingerprint density at radius 2 is 2.29 bits per heavy atom. The molecular weight excluding hydrogens is 284 g/mol. The van der Waals surface area contributed by atoms with Gasteiger partial charge in [-0.05, 0) is 18.2 Å². The number of carbonyl (C=O) groups is 2. The second-order valence-corrected chi connectivity index (χ2v) is 5.33. The predicted molar refractivity (Wildman–Crippen MR) is 70.4 cm³/mol. The summed E-state index contributed by atoms with van der Waals surface area (Å²) in [6.07, 6.45) is 0.518. The zero-order valence-corrected chi connectivity index (χ0v) is 11.0. The molecule has 1 aliphatic rings. The van der Waals surface area contributed by atoms with E-state index in [1.54, 1.807) is 11.0 Å². The summed E-state index contributed by atoms with van der Waals surface area (Å²) in [5.41, 5.74) is 1.53. The first-order chi connectivity index (χ1) is 8.06. The van der Waals surface area contributed by atoms with Gasteiger partial charge in [0, 0.05) is 36.1 Å². The molecule has 0 spiro atoms. The third kappa shape index (κ3) is 2.85. The van der Waals surface area contributed by atoms with Crippen molar-refractivity contribution in [1.29, 1.82) is 0 Å². The SMILES string of the molecule is CC(=O)Nc1cccc(N2CC(Br)CC2=O)c1. The van der Waals surface area contributed by atoms with Crippen LogP contribution in [-0.2, 0) is 9.59 Å². The van der Waals surface area contributed by atoms with Crippen LogP contribution in [0.5, 0.6) is 0 Å². The fraction of sp³-hybridized carbons (Fsp3) is 0.333. The Balaban J connectivity index is 2.21. The molecule has 0 saturated carbocycles. The monoisotopic (exact) mass is 296 g/mol. The lowest BCUT2D eigenvalue weighted by Crippen LogP contribution is -2.24. The molecule has 1 unspecified atom stereocenters. The number of nitrogens with one attached hydrogen (secondary N) is 1. The second kappa shape index (κ2) is 4.87. The molecule has 1 atom stereocenters. The van der Waals surface area contributed by atoms with Crippen molar-refractivity contribution < 1.29 is 9.59 Å². The molecule has 1 fully saturated rings. The van der Waals surface area contributed by atoms with Gasteiger partial charge >= 0.3 is 0 Å². The van der Waals surface area contributed by atoms with Gasteiger partial charge in [-0.25, -0.2) is 0 Å². The van der Waals surface area contributed by atoms with Gasteiger partial charge in [0.15, 0.2) is 0 Å². The van der Waals surface area contributed by atoms with E-state index >= 15 is 0 Å². The molecule has 90 valence electrons. The average Bonchev–Trinajstić information content (AvgIpc) is 2.57. The van der Waals surface area contributed by atoms with E-state index < -0.39 is 0 Å². The van der Waals surface area contributed by atoms with E-state index in [-0.39, 0.29) is 16.6 Å². The lowest BCUT2D eigenvalue weighted by atomic mass is 10.2. The molecule has 0 radical (unpaired) electrons. The summed E-state index contributed by atoms with van der Waals surface area (Å²) >= 11 is 3.44. The predicted octanol–water partition coefficient (Wildman–Crippen LogP) is 2.15. The molecule has 5 heteroatoms. The molecular formula is C12H13BrN2O2. The Morgan fingerprint density at radius 3 is 2.88 bits per heavy atom. The lowest BCUT2D eigenvalue weighted by Gasteiger charge is -2.16. The van der Waals surface area contributed by atoms with E-state index in [1.807, 2.05) is 18.2 Å². The zero-order valence-electron chi connectivity index (χ0n) is 9.44. The van der Waals surface area contributed by atoms with Crippen LogP contribution in [-0.4, -0.2) is 23.2 Å². The minimum absolute atomic E-state index is 0.104.